The molecular formula is C12H23N3O. The maximum absolute atomic E-state index is 5.47. The van der Waals surface area contributed by atoms with Gasteiger partial charge in [0.05, 0.1) is 12.8 Å². The highest BCUT2D eigenvalue weighted by molar-refractivity contribution is 5.03. The van der Waals surface area contributed by atoms with Crippen LogP contribution >= 0.6 is 0 Å². The molecule has 0 radical (unpaired) electrons. The Kier molecular flexibility index (Phi) is 6.11. The molecule has 0 saturated heterocycles. The molecule has 1 N–H and O–H groups in total. The van der Waals surface area contributed by atoms with Crippen molar-refractivity contribution in [2.45, 2.75) is 20.3 Å². The van der Waals surface area contributed by atoms with Crippen LogP contribution in [-0.2, 0) is 18.2 Å². The second-order valence-electron chi connectivity index (χ2n) is 4.49. The minimum atomic E-state index is 0.621. The molecule has 0 aromatic carbocycles. The fourth-order valence-corrected chi connectivity index (χ4v) is 1.42. The molecule has 4 nitrogen and oxygen atoms in total. The minimum absolute atomic E-state index is 0.621. The van der Waals surface area contributed by atoms with E-state index in [1.807, 2.05) is 17.9 Å². The first-order chi connectivity index (χ1) is 7.68. The van der Waals surface area contributed by atoms with Crippen molar-refractivity contribution in [1.82, 2.24) is 15.1 Å². The number of nitrogens with one attached hydrogen (secondary N) is 1. The summed E-state index contributed by atoms with van der Waals surface area (Å²) in [7, 11) is 1.94. The van der Waals surface area contributed by atoms with Crippen molar-refractivity contribution < 1.29 is 4.74 Å². The molecule has 0 bridgehead atoms. The van der Waals surface area contributed by atoms with E-state index in [1.165, 1.54) is 5.56 Å². The molecule has 1 aromatic rings. The van der Waals surface area contributed by atoms with Crippen LogP contribution in [0.15, 0.2) is 12.4 Å². The first-order valence-corrected chi connectivity index (χ1v) is 5.94. The molecule has 0 saturated carbocycles. The standard InChI is InChI=1S/C12H23N3O/c1-11(2)10-16-7-6-13-5-4-12-8-14-15(3)9-12/h8-9,11,13H,4-7,10H2,1-3H3. The van der Waals surface area contributed by atoms with Crippen LogP contribution in [0.4, 0.5) is 0 Å². The molecule has 0 aliphatic heterocycles. The zero-order valence-corrected chi connectivity index (χ0v) is 10.6. The topological polar surface area (TPSA) is 39.1 Å². The Balaban J connectivity index is 1.92. The summed E-state index contributed by atoms with van der Waals surface area (Å²) in [6.45, 7) is 7.88. The Morgan fingerprint density at radius 3 is 2.88 bits per heavy atom. The second-order valence-corrected chi connectivity index (χ2v) is 4.49. The third kappa shape index (κ3) is 5.88. The molecule has 0 aliphatic rings. The molecule has 1 rings (SSSR count). The molecule has 4 heteroatoms. The second kappa shape index (κ2) is 7.41. The average Bonchev–Trinajstić information content (AvgIpc) is 2.62. The number of hydrogen-bond acceptors (Lipinski definition) is 3. The van der Waals surface area contributed by atoms with Gasteiger partial charge in [-0.15, -0.1) is 0 Å². The fraction of sp³-hybridized carbons (Fsp3) is 0.750. The van der Waals surface area contributed by atoms with Crippen molar-refractivity contribution in [2.24, 2.45) is 13.0 Å². The lowest BCUT2D eigenvalue weighted by Gasteiger charge is -2.07. The number of aryl methyl sites for hydroxylation is 1. The fourth-order valence-electron chi connectivity index (χ4n) is 1.42. The van der Waals surface area contributed by atoms with E-state index in [9.17, 15) is 0 Å². The van der Waals surface area contributed by atoms with Crippen LogP contribution in [-0.4, -0.2) is 36.1 Å². The molecule has 0 fully saturated rings. The van der Waals surface area contributed by atoms with Crippen LogP contribution in [0.1, 0.15) is 19.4 Å². The van der Waals surface area contributed by atoms with Crippen molar-refractivity contribution in [2.75, 3.05) is 26.3 Å². The highest BCUT2D eigenvalue weighted by atomic mass is 16.5. The summed E-state index contributed by atoms with van der Waals surface area (Å²) in [6.07, 6.45) is 4.99. The third-order valence-electron chi connectivity index (χ3n) is 2.22. The Bertz CT molecular complexity index is 284. The van der Waals surface area contributed by atoms with Crippen molar-refractivity contribution in [3.05, 3.63) is 18.0 Å². The molecule has 0 spiro atoms. The summed E-state index contributed by atoms with van der Waals surface area (Å²) < 4.78 is 7.31. The molecule has 1 aromatic heterocycles. The van der Waals surface area contributed by atoms with Gasteiger partial charge >= 0.3 is 0 Å². The molecule has 0 unspecified atom stereocenters. The van der Waals surface area contributed by atoms with E-state index in [2.05, 4.69) is 30.5 Å². The monoisotopic (exact) mass is 225 g/mol. The maximum Gasteiger partial charge on any atom is 0.0591 e. The van der Waals surface area contributed by atoms with Gasteiger partial charge in [0.25, 0.3) is 0 Å². The third-order valence-corrected chi connectivity index (χ3v) is 2.22. The Hall–Kier alpha value is -0.870. The van der Waals surface area contributed by atoms with Crippen LogP contribution in [0.25, 0.3) is 0 Å². The van der Waals surface area contributed by atoms with Crippen LogP contribution in [0.3, 0.4) is 0 Å². The Morgan fingerprint density at radius 1 is 1.44 bits per heavy atom. The van der Waals surface area contributed by atoms with Gasteiger partial charge in [0, 0.05) is 26.4 Å². The van der Waals surface area contributed by atoms with Gasteiger partial charge in [-0.3, -0.25) is 4.68 Å². The zero-order valence-electron chi connectivity index (χ0n) is 10.6. The summed E-state index contributed by atoms with van der Waals surface area (Å²) in [5.74, 6) is 0.621. The smallest absolute Gasteiger partial charge is 0.0591 e. The predicted octanol–water partition coefficient (Wildman–Crippen LogP) is 1.22. The van der Waals surface area contributed by atoms with Crippen molar-refractivity contribution in [1.29, 1.82) is 0 Å². The van der Waals surface area contributed by atoms with Gasteiger partial charge < -0.3 is 10.1 Å². The van der Waals surface area contributed by atoms with E-state index in [0.717, 1.165) is 32.7 Å². The number of aromatic nitrogens is 2. The Morgan fingerprint density at radius 2 is 2.25 bits per heavy atom. The van der Waals surface area contributed by atoms with E-state index in [0.29, 0.717) is 5.92 Å². The van der Waals surface area contributed by atoms with Crippen LogP contribution in [0, 0.1) is 5.92 Å². The summed E-state index contributed by atoms with van der Waals surface area (Å²) in [5.41, 5.74) is 1.28. The van der Waals surface area contributed by atoms with Gasteiger partial charge in [0.15, 0.2) is 0 Å². The van der Waals surface area contributed by atoms with Gasteiger partial charge in [-0.05, 0) is 24.4 Å². The van der Waals surface area contributed by atoms with Gasteiger partial charge in [-0.25, -0.2) is 0 Å². The number of hydrogen-bond donors (Lipinski definition) is 1. The van der Waals surface area contributed by atoms with Gasteiger partial charge in [0.1, 0.15) is 0 Å². The zero-order chi connectivity index (χ0) is 11.8. The van der Waals surface area contributed by atoms with Crippen LogP contribution in [0.5, 0.6) is 0 Å². The van der Waals surface area contributed by atoms with Gasteiger partial charge in [-0.1, -0.05) is 13.8 Å². The first-order valence-electron chi connectivity index (χ1n) is 5.94. The van der Waals surface area contributed by atoms with E-state index in [1.54, 1.807) is 0 Å². The lowest BCUT2D eigenvalue weighted by molar-refractivity contribution is 0.112. The highest BCUT2D eigenvalue weighted by Crippen LogP contribution is 1.96. The maximum atomic E-state index is 5.47. The van der Waals surface area contributed by atoms with Crippen molar-refractivity contribution >= 4 is 0 Å². The SMILES string of the molecule is CC(C)COCCNCCc1cnn(C)c1. The van der Waals surface area contributed by atoms with Crippen LogP contribution < -0.4 is 5.32 Å². The molecule has 1 heterocycles. The van der Waals surface area contributed by atoms with Crippen molar-refractivity contribution in [3.63, 3.8) is 0 Å². The van der Waals surface area contributed by atoms with Gasteiger partial charge in [-0.2, -0.15) is 5.10 Å². The molecule has 16 heavy (non-hydrogen) atoms. The quantitative estimate of drug-likeness (QED) is 0.676. The molecule has 0 atom stereocenters. The molecule has 0 aliphatic carbocycles. The van der Waals surface area contributed by atoms with E-state index < -0.39 is 0 Å². The van der Waals surface area contributed by atoms with Gasteiger partial charge in [0.2, 0.25) is 0 Å². The van der Waals surface area contributed by atoms with Crippen LogP contribution in [0.2, 0.25) is 0 Å². The lowest BCUT2D eigenvalue weighted by atomic mass is 10.2. The summed E-state index contributed by atoms with van der Waals surface area (Å²) in [5, 5.41) is 7.48. The molecule has 92 valence electrons. The summed E-state index contributed by atoms with van der Waals surface area (Å²) in [6, 6.07) is 0. The molecular weight excluding hydrogens is 202 g/mol. The number of ether oxygens (including phenoxy) is 1. The first kappa shape index (κ1) is 13.2. The highest BCUT2D eigenvalue weighted by Gasteiger charge is 1.96. The van der Waals surface area contributed by atoms with E-state index in [-0.39, 0.29) is 0 Å². The van der Waals surface area contributed by atoms with E-state index >= 15 is 0 Å². The number of rotatable bonds is 8. The Labute approximate surface area is 98.0 Å². The predicted molar refractivity (Wildman–Crippen MR) is 65.4 cm³/mol. The largest absolute Gasteiger partial charge is 0.380 e. The summed E-state index contributed by atoms with van der Waals surface area (Å²) >= 11 is 0. The summed E-state index contributed by atoms with van der Waals surface area (Å²) in [4.78, 5) is 0. The normalized spacial score (nSPS) is 11.2. The van der Waals surface area contributed by atoms with Crippen molar-refractivity contribution in [3.8, 4) is 0 Å². The number of nitrogens with zero attached hydrogens (tertiary/aromatic N) is 2. The minimum Gasteiger partial charge on any atom is -0.380 e. The average molecular weight is 225 g/mol. The van der Waals surface area contributed by atoms with E-state index in [4.69, 9.17) is 4.74 Å². The molecule has 0 amide bonds. The lowest BCUT2D eigenvalue weighted by Crippen LogP contribution is -2.22.